The lowest BCUT2D eigenvalue weighted by Gasteiger charge is -2.19. The Bertz CT molecular complexity index is 778. The molecule has 0 saturated heterocycles. The van der Waals surface area contributed by atoms with Gasteiger partial charge in [0, 0.05) is 11.6 Å². The summed E-state index contributed by atoms with van der Waals surface area (Å²) in [5.41, 5.74) is 3.20. The Morgan fingerprint density at radius 1 is 0.880 bits per heavy atom. The molecule has 0 heterocycles. The number of benzene rings is 2. The SMILES string of the molecule is CC(C)(C)c1ccc(-c2ccc(/C(O)=C/C(=O)C(F)(F)F)cc2)cc1. The second kappa shape index (κ2) is 6.75. The van der Waals surface area contributed by atoms with Crippen LogP contribution in [0.25, 0.3) is 16.9 Å². The van der Waals surface area contributed by atoms with Gasteiger partial charge in [0.1, 0.15) is 5.76 Å². The Hall–Kier alpha value is -2.56. The highest BCUT2D eigenvalue weighted by Crippen LogP contribution is 2.27. The molecule has 2 rings (SSSR count). The number of allylic oxidation sites excluding steroid dienone is 1. The highest BCUT2D eigenvalue weighted by Gasteiger charge is 2.37. The number of hydrogen-bond donors (Lipinski definition) is 1. The molecule has 132 valence electrons. The Morgan fingerprint density at radius 3 is 1.72 bits per heavy atom. The molecule has 2 aromatic rings. The fourth-order valence-electron chi connectivity index (χ4n) is 2.29. The Morgan fingerprint density at radius 2 is 1.32 bits per heavy atom. The zero-order valence-electron chi connectivity index (χ0n) is 14.2. The van der Waals surface area contributed by atoms with E-state index in [4.69, 9.17) is 0 Å². The Balaban J connectivity index is 2.22. The number of aliphatic hydroxyl groups excluding tert-OH is 1. The zero-order valence-corrected chi connectivity index (χ0v) is 14.2. The normalized spacial score (nSPS) is 13.0. The van der Waals surface area contributed by atoms with Gasteiger partial charge in [-0.25, -0.2) is 0 Å². The first-order valence-electron chi connectivity index (χ1n) is 7.71. The van der Waals surface area contributed by atoms with Crippen LogP contribution < -0.4 is 0 Å². The van der Waals surface area contributed by atoms with E-state index in [2.05, 4.69) is 20.8 Å². The van der Waals surface area contributed by atoms with Crippen molar-refractivity contribution in [1.29, 1.82) is 0 Å². The van der Waals surface area contributed by atoms with E-state index in [9.17, 15) is 23.1 Å². The minimum Gasteiger partial charge on any atom is -0.507 e. The number of rotatable bonds is 3. The third-order valence-electron chi connectivity index (χ3n) is 3.81. The van der Waals surface area contributed by atoms with Crippen molar-refractivity contribution in [1.82, 2.24) is 0 Å². The molecule has 0 fully saturated rings. The second-order valence-electron chi connectivity index (χ2n) is 6.80. The van der Waals surface area contributed by atoms with Crippen LogP contribution in [0.2, 0.25) is 0 Å². The summed E-state index contributed by atoms with van der Waals surface area (Å²) in [6, 6.07) is 14.3. The van der Waals surface area contributed by atoms with Crippen LogP contribution in [0.1, 0.15) is 31.9 Å². The van der Waals surface area contributed by atoms with Crippen LogP contribution in [-0.2, 0) is 10.2 Å². The van der Waals surface area contributed by atoms with Crippen LogP contribution in [0.4, 0.5) is 13.2 Å². The summed E-state index contributed by atoms with van der Waals surface area (Å²) in [6.07, 6.45) is -4.81. The van der Waals surface area contributed by atoms with Crippen LogP contribution in [0, 0.1) is 0 Å². The Labute approximate surface area is 144 Å². The number of alkyl halides is 3. The van der Waals surface area contributed by atoms with Crippen LogP contribution in [-0.4, -0.2) is 17.1 Å². The molecule has 2 aromatic carbocycles. The van der Waals surface area contributed by atoms with Gasteiger partial charge >= 0.3 is 6.18 Å². The molecule has 0 radical (unpaired) electrons. The lowest BCUT2D eigenvalue weighted by Crippen LogP contribution is -2.20. The van der Waals surface area contributed by atoms with E-state index in [-0.39, 0.29) is 17.1 Å². The lowest BCUT2D eigenvalue weighted by molar-refractivity contribution is -0.165. The maximum absolute atomic E-state index is 12.2. The number of ketones is 1. The molecule has 0 saturated carbocycles. The van der Waals surface area contributed by atoms with Crippen LogP contribution in [0.3, 0.4) is 0 Å². The van der Waals surface area contributed by atoms with Gasteiger partial charge in [0.15, 0.2) is 0 Å². The number of hydrogen-bond acceptors (Lipinski definition) is 2. The maximum Gasteiger partial charge on any atom is 0.454 e. The van der Waals surface area contributed by atoms with E-state index in [0.29, 0.717) is 0 Å². The van der Waals surface area contributed by atoms with Crippen molar-refractivity contribution in [2.75, 3.05) is 0 Å². The first-order chi connectivity index (χ1) is 11.5. The fraction of sp³-hybridized carbons (Fsp3) is 0.250. The minimum atomic E-state index is -5.00. The van der Waals surface area contributed by atoms with Gasteiger partial charge in [-0.15, -0.1) is 0 Å². The van der Waals surface area contributed by atoms with Crippen molar-refractivity contribution >= 4 is 11.5 Å². The Kier molecular flexibility index (Phi) is 5.07. The van der Waals surface area contributed by atoms with Crippen LogP contribution in [0.15, 0.2) is 54.6 Å². The average molecular weight is 348 g/mol. The topological polar surface area (TPSA) is 37.3 Å². The number of halogens is 3. The van der Waals surface area contributed by atoms with Crippen molar-refractivity contribution < 1.29 is 23.1 Å². The average Bonchev–Trinajstić information content (AvgIpc) is 2.53. The molecule has 5 heteroatoms. The molecule has 0 bridgehead atoms. The fourth-order valence-corrected chi connectivity index (χ4v) is 2.29. The van der Waals surface area contributed by atoms with Gasteiger partial charge in [-0.1, -0.05) is 69.3 Å². The van der Waals surface area contributed by atoms with Crippen molar-refractivity contribution in [3.8, 4) is 11.1 Å². The van der Waals surface area contributed by atoms with Crippen molar-refractivity contribution in [2.45, 2.75) is 32.4 Å². The molecule has 0 aliphatic carbocycles. The third kappa shape index (κ3) is 4.72. The molecule has 1 N–H and O–H groups in total. The van der Waals surface area contributed by atoms with E-state index in [0.717, 1.165) is 11.1 Å². The van der Waals surface area contributed by atoms with E-state index >= 15 is 0 Å². The first kappa shape index (κ1) is 18.8. The van der Waals surface area contributed by atoms with E-state index in [1.165, 1.54) is 17.7 Å². The van der Waals surface area contributed by atoms with Crippen molar-refractivity contribution in [3.63, 3.8) is 0 Å². The van der Waals surface area contributed by atoms with Gasteiger partial charge in [-0.2, -0.15) is 13.2 Å². The number of carbonyl (C=O) groups excluding carboxylic acids is 1. The molecule has 2 nitrogen and oxygen atoms in total. The quantitative estimate of drug-likeness (QED) is 0.572. The summed E-state index contributed by atoms with van der Waals surface area (Å²) in [5, 5.41) is 9.68. The van der Waals surface area contributed by atoms with E-state index in [1.54, 1.807) is 12.1 Å². The third-order valence-corrected chi connectivity index (χ3v) is 3.81. The summed E-state index contributed by atoms with van der Waals surface area (Å²) in [4.78, 5) is 10.9. The zero-order chi connectivity index (χ0) is 18.8. The van der Waals surface area contributed by atoms with Crippen LogP contribution >= 0.6 is 0 Å². The molecular weight excluding hydrogens is 329 g/mol. The van der Waals surface area contributed by atoms with Gasteiger partial charge < -0.3 is 5.11 Å². The summed E-state index contributed by atoms with van der Waals surface area (Å²) in [5.74, 6) is -2.80. The second-order valence-corrected chi connectivity index (χ2v) is 6.80. The maximum atomic E-state index is 12.2. The standard InChI is InChI=1S/C20H19F3O2/c1-19(2,3)16-10-8-14(9-11-16)13-4-6-15(7-5-13)17(24)12-18(25)20(21,22)23/h4-12,24H,1-3H3/b17-12-. The molecule has 0 spiro atoms. The monoisotopic (exact) mass is 348 g/mol. The van der Waals surface area contributed by atoms with Gasteiger partial charge in [0.25, 0.3) is 5.78 Å². The van der Waals surface area contributed by atoms with Crippen molar-refractivity contribution in [2.24, 2.45) is 0 Å². The molecule has 0 aromatic heterocycles. The van der Waals surface area contributed by atoms with E-state index < -0.39 is 17.7 Å². The smallest absolute Gasteiger partial charge is 0.454 e. The highest BCUT2D eigenvalue weighted by atomic mass is 19.4. The molecule has 0 amide bonds. The molecule has 0 unspecified atom stereocenters. The van der Waals surface area contributed by atoms with Gasteiger partial charge in [-0.3, -0.25) is 4.79 Å². The van der Waals surface area contributed by atoms with Gasteiger partial charge in [-0.05, 0) is 22.1 Å². The predicted molar refractivity (Wildman–Crippen MR) is 92.2 cm³/mol. The van der Waals surface area contributed by atoms with Gasteiger partial charge in [0.2, 0.25) is 0 Å². The molecule has 0 aliphatic rings. The predicted octanol–water partition coefficient (Wildman–Crippen LogP) is 5.68. The summed E-state index contributed by atoms with van der Waals surface area (Å²) in [7, 11) is 0. The largest absolute Gasteiger partial charge is 0.507 e. The molecular formula is C20H19F3O2. The number of aliphatic hydroxyl groups is 1. The van der Waals surface area contributed by atoms with Gasteiger partial charge in [0.05, 0.1) is 0 Å². The minimum absolute atomic E-state index is 0.0456. The molecule has 0 aliphatic heterocycles. The number of carbonyl (C=O) groups is 1. The van der Waals surface area contributed by atoms with E-state index in [1.807, 2.05) is 24.3 Å². The summed E-state index contributed by atoms with van der Waals surface area (Å²) in [6.45, 7) is 6.36. The highest BCUT2D eigenvalue weighted by molar-refractivity contribution is 5.99. The van der Waals surface area contributed by atoms with Crippen LogP contribution in [0.5, 0.6) is 0 Å². The van der Waals surface area contributed by atoms with Crippen molar-refractivity contribution in [3.05, 3.63) is 65.7 Å². The molecule has 25 heavy (non-hydrogen) atoms. The lowest BCUT2D eigenvalue weighted by atomic mass is 9.86. The summed E-state index contributed by atoms with van der Waals surface area (Å²) >= 11 is 0. The first-order valence-corrected chi connectivity index (χ1v) is 7.71. The summed E-state index contributed by atoms with van der Waals surface area (Å²) < 4.78 is 36.7. The molecule has 0 atom stereocenters.